The van der Waals surface area contributed by atoms with E-state index in [0.717, 1.165) is 29.7 Å². The van der Waals surface area contributed by atoms with E-state index in [1.54, 1.807) is 34.1 Å². The van der Waals surface area contributed by atoms with Crippen LogP contribution in [0.5, 0.6) is 0 Å². The van der Waals surface area contributed by atoms with E-state index in [1.807, 2.05) is 0 Å². The summed E-state index contributed by atoms with van der Waals surface area (Å²) in [6.07, 6.45) is 3.81. The number of nitrogens with two attached hydrogens (primary N) is 1. The van der Waals surface area contributed by atoms with Crippen LogP contribution in [0.15, 0.2) is 29.1 Å². The SMILES string of the molecule is CC1CCc2c(sc3nc(Cc4ccccc4F)n(CCCC(N)=O)c(=O)c23)C1. The van der Waals surface area contributed by atoms with E-state index in [4.69, 9.17) is 10.7 Å². The standard InChI is InChI=1S/C22H24FN3O2S/c1-13-8-9-15-17(11-13)29-21-20(15)22(28)26(10-4-7-18(24)27)19(25-21)12-14-5-2-3-6-16(14)23/h2-3,5-6,13H,4,7-12H2,1H3,(H2,24,27). The van der Waals surface area contributed by atoms with Gasteiger partial charge in [0.2, 0.25) is 5.91 Å². The second-order valence-electron chi connectivity index (χ2n) is 7.85. The number of hydrogen-bond acceptors (Lipinski definition) is 4. The molecule has 5 nitrogen and oxygen atoms in total. The van der Waals surface area contributed by atoms with Crippen LogP contribution in [0.4, 0.5) is 4.39 Å². The number of carbonyl (C=O) groups excluding carboxylic acids is 1. The van der Waals surface area contributed by atoms with Gasteiger partial charge in [-0.25, -0.2) is 9.37 Å². The molecule has 4 rings (SSSR count). The smallest absolute Gasteiger partial charge is 0.262 e. The number of aromatic nitrogens is 2. The van der Waals surface area contributed by atoms with Crippen molar-refractivity contribution in [2.75, 3.05) is 0 Å². The fourth-order valence-corrected chi connectivity index (χ4v) is 5.45. The van der Waals surface area contributed by atoms with Crippen molar-refractivity contribution in [1.29, 1.82) is 0 Å². The van der Waals surface area contributed by atoms with E-state index < -0.39 is 5.91 Å². The summed E-state index contributed by atoms with van der Waals surface area (Å²) < 4.78 is 15.8. The number of primary amides is 1. The summed E-state index contributed by atoms with van der Waals surface area (Å²) in [6, 6.07) is 6.54. The van der Waals surface area contributed by atoms with E-state index >= 15 is 0 Å². The van der Waals surface area contributed by atoms with Crippen LogP contribution in [0, 0.1) is 11.7 Å². The van der Waals surface area contributed by atoms with Gasteiger partial charge in [-0.3, -0.25) is 14.2 Å². The van der Waals surface area contributed by atoms with E-state index in [9.17, 15) is 14.0 Å². The molecule has 0 saturated heterocycles. The highest BCUT2D eigenvalue weighted by Crippen LogP contribution is 2.36. The van der Waals surface area contributed by atoms with Gasteiger partial charge in [-0.15, -0.1) is 11.3 Å². The van der Waals surface area contributed by atoms with Crippen molar-refractivity contribution >= 4 is 27.5 Å². The van der Waals surface area contributed by atoms with Crippen LogP contribution in [0.3, 0.4) is 0 Å². The number of fused-ring (bicyclic) bond motifs is 3. The highest BCUT2D eigenvalue weighted by atomic mass is 32.1. The molecule has 0 bridgehead atoms. The summed E-state index contributed by atoms with van der Waals surface area (Å²) in [7, 11) is 0. The summed E-state index contributed by atoms with van der Waals surface area (Å²) in [5.41, 5.74) is 6.80. The van der Waals surface area contributed by atoms with Gasteiger partial charge in [-0.05, 0) is 48.8 Å². The summed E-state index contributed by atoms with van der Waals surface area (Å²) in [4.78, 5) is 31.4. The van der Waals surface area contributed by atoms with Gasteiger partial charge in [0.05, 0.1) is 5.39 Å². The fourth-order valence-electron chi connectivity index (χ4n) is 4.05. The molecule has 152 valence electrons. The molecule has 2 N–H and O–H groups in total. The Balaban J connectivity index is 1.82. The molecule has 0 spiro atoms. The van der Waals surface area contributed by atoms with Gasteiger partial charge in [0, 0.05) is 24.3 Å². The van der Waals surface area contributed by atoms with Crippen LogP contribution in [0.2, 0.25) is 0 Å². The fraction of sp³-hybridized carbons (Fsp3) is 0.409. The van der Waals surface area contributed by atoms with Gasteiger partial charge < -0.3 is 5.73 Å². The molecule has 2 heterocycles. The number of benzene rings is 1. The molecule has 1 aliphatic carbocycles. The zero-order chi connectivity index (χ0) is 20.5. The van der Waals surface area contributed by atoms with Crippen molar-refractivity contribution in [3.63, 3.8) is 0 Å². The molecule has 1 unspecified atom stereocenters. The van der Waals surface area contributed by atoms with Crippen LogP contribution in [0.1, 0.15) is 48.0 Å². The monoisotopic (exact) mass is 413 g/mol. The van der Waals surface area contributed by atoms with E-state index in [-0.39, 0.29) is 24.2 Å². The molecule has 2 aromatic heterocycles. The molecule has 29 heavy (non-hydrogen) atoms. The molecule has 1 amide bonds. The molecule has 7 heteroatoms. The van der Waals surface area contributed by atoms with Gasteiger partial charge >= 0.3 is 0 Å². The molecular formula is C22H24FN3O2S. The van der Waals surface area contributed by atoms with Gasteiger partial charge in [0.15, 0.2) is 0 Å². The maximum absolute atomic E-state index is 14.2. The molecular weight excluding hydrogens is 389 g/mol. The number of halogens is 1. The van der Waals surface area contributed by atoms with Crippen LogP contribution >= 0.6 is 11.3 Å². The summed E-state index contributed by atoms with van der Waals surface area (Å²) in [5, 5.41) is 0.702. The Kier molecular flexibility index (Phi) is 5.50. The molecule has 1 aliphatic rings. The van der Waals surface area contributed by atoms with Crippen LogP contribution < -0.4 is 11.3 Å². The van der Waals surface area contributed by atoms with Gasteiger partial charge in [-0.1, -0.05) is 25.1 Å². The Bertz CT molecular complexity index is 1140. The minimum absolute atomic E-state index is 0.0853. The quantitative estimate of drug-likeness (QED) is 0.671. The normalized spacial score (nSPS) is 16.1. The van der Waals surface area contributed by atoms with Crippen molar-refractivity contribution in [2.45, 2.75) is 52.0 Å². The number of carbonyl (C=O) groups is 1. The Hall–Kier alpha value is -2.54. The summed E-state index contributed by atoms with van der Waals surface area (Å²) in [5.74, 6) is 0.421. The molecule has 3 aromatic rings. The maximum atomic E-state index is 14.2. The minimum Gasteiger partial charge on any atom is -0.370 e. The second-order valence-corrected chi connectivity index (χ2v) is 8.94. The lowest BCUT2D eigenvalue weighted by Gasteiger charge is -2.18. The molecule has 0 radical (unpaired) electrons. The average Bonchev–Trinajstić information content (AvgIpc) is 3.03. The summed E-state index contributed by atoms with van der Waals surface area (Å²) in [6.45, 7) is 2.57. The predicted octanol–water partition coefficient (Wildman–Crippen LogP) is 3.58. The lowest BCUT2D eigenvalue weighted by molar-refractivity contribution is -0.118. The number of amides is 1. The summed E-state index contributed by atoms with van der Waals surface area (Å²) >= 11 is 1.59. The number of nitrogens with zero attached hydrogens (tertiary/aromatic N) is 2. The van der Waals surface area contributed by atoms with Crippen molar-refractivity contribution in [3.8, 4) is 0 Å². The first-order chi connectivity index (χ1) is 13.9. The van der Waals surface area contributed by atoms with Crippen molar-refractivity contribution in [1.82, 2.24) is 9.55 Å². The number of aryl methyl sites for hydroxylation is 1. The minimum atomic E-state index is -0.398. The van der Waals surface area contributed by atoms with Crippen molar-refractivity contribution < 1.29 is 9.18 Å². The largest absolute Gasteiger partial charge is 0.370 e. The number of hydrogen-bond donors (Lipinski definition) is 1. The van der Waals surface area contributed by atoms with E-state index in [0.29, 0.717) is 35.7 Å². The van der Waals surface area contributed by atoms with Crippen LogP contribution in [-0.4, -0.2) is 15.5 Å². The first-order valence-electron chi connectivity index (χ1n) is 9.99. The lowest BCUT2D eigenvalue weighted by atomic mass is 9.89. The zero-order valence-electron chi connectivity index (χ0n) is 16.4. The third-order valence-corrected chi connectivity index (χ3v) is 6.75. The first kappa shape index (κ1) is 19.8. The molecule has 0 saturated carbocycles. The lowest BCUT2D eigenvalue weighted by Crippen LogP contribution is -2.27. The van der Waals surface area contributed by atoms with Gasteiger partial charge in [0.25, 0.3) is 5.56 Å². The highest BCUT2D eigenvalue weighted by molar-refractivity contribution is 7.18. The topological polar surface area (TPSA) is 78.0 Å². The molecule has 1 atom stereocenters. The van der Waals surface area contributed by atoms with Crippen LogP contribution in [0.25, 0.3) is 10.2 Å². The van der Waals surface area contributed by atoms with Crippen molar-refractivity contribution in [2.24, 2.45) is 11.7 Å². The first-order valence-corrected chi connectivity index (χ1v) is 10.8. The number of rotatable bonds is 6. The van der Waals surface area contributed by atoms with Crippen molar-refractivity contribution in [3.05, 3.63) is 62.3 Å². The zero-order valence-corrected chi connectivity index (χ0v) is 17.2. The second kappa shape index (κ2) is 8.06. The maximum Gasteiger partial charge on any atom is 0.262 e. The van der Waals surface area contributed by atoms with E-state index in [1.165, 1.54) is 10.9 Å². The average molecular weight is 414 g/mol. The molecule has 1 aromatic carbocycles. The Morgan fingerprint density at radius 2 is 2.17 bits per heavy atom. The number of thiophene rings is 1. The molecule has 0 fully saturated rings. The predicted molar refractivity (Wildman–Crippen MR) is 113 cm³/mol. The Morgan fingerprint density at radius 3 is 2.93 bits per heavy atom. The highest BCUT2D eigenvalue weighted by Gasteiger charge is 2.24. The third-order valence-electron chi connectivity index (χ3n) is 5.61. The van der Waals surface area contributed by atoms with Gasteiger partial charge in [0.1, 0.15) is 16.5 Å². The third kappa shape index (κ3) is 3.96. The van der Waals surface area contributed by atoms with Crippen LogP contribution in [-0.2, 0) is 30.6 Å². The Morgan fingerprint density at radius 1 is 1.38 bits per heavy atom. The van der Waals surface area contributed by atoms with Gasteiger partial charge in [-0.2, -0.15) is 0 Å². The van der Waals surface area contributed by atoms with E-state index in [2.05, 4.69) is 6.92 Å². The Labute approximate surface area is 172 Å². The molecule has 0 aliphatic heterocycles.